The minimum Gasteiger partial charge on any atom is -0.466 e. The number of nitro groups is 1. The molecule has 0 amide bonds. The Balaban J connectivity index is 1.68. The van der Waals surface area contributed by atoms with E-state index in [1.54, 1.807) is 19.9 Å². The third-order valence-electron chi connectivity index (χ3n) is 7.08. The first-order valence-electron chi connectivity index (χ1n) is 12.6. The van der Waals surface area contributed by atoms with Crippen molar-refractivity contribution < 1.29 is 24.0 Å². The molecule has 3 unspecified atom stereocenters. The van der Waals surface area contributed by atoms with Gasteiger partial charge in [0.2, 0.25) is 0 Å². The molecular formula is C28H31ClN4O6. The molecule has 0 aromatic heterocycles. The number of nitro benzene ring substituents is 1. The van der Waals surface area contributed by atoms with Gasteiger partial charge < -0.3 is 20.1 Å². The molecule has 0 radical (unpaired) electrons. The van der Waals surface area contributed by atoms with Crippen LogP contribution in [-0.2, 0) is 19.1 Å². The van der Waals surface area contributed by atoms with Crippen LogP contribution in [0.4, 0.5) is 5.69 Å². The van der Waals surface area contributed by atoms with Crippen LogP contribution in [0.15, 0.2) is 71.1 Å². The van der Waals surface area contributed by atoms with Gasteiger partial charge in [-0.05, 0) is 44.0 Å². The fourth-order valence-corrected chi connectivity index (χ4v) is 5.36. The highest BCUT2D eigenvalue weighted by Crippen LogP contribution is 2.40. The molecule has 39 heavy (non-hydrogen) atoms. The van der Waals surface area contributed by atoms with Crippen molar-refractivity contribution >= 4 is 29.2 Å². The first-order valence-corrected chi connectivity index (χ1v) is 12.9. The number of non-ortho nitro benzene ring substituents is 1. The fraction of sp³-hybridized carbons (Fsp3) is 0.357. The summed E-state index contributed by atoms with van der Waals surface area (Å²) < 4.78 is 11.1. The smallest absolute Gasteiger partial charge is 0.338 e. The summed E-state index contributed by atoms with van der Waals surface area (Å²) in [5, 5.41) is 18.6. The molecule has 0 saturated carbocycles. The normalized spacial score (nSPS) is 20.7. The zero-order chi connectivity index (χ0) is 28.3. The molecular weight excluding hydrogens is 524 g/mol. The second-order valence-electron chi connectivity index (χ2n) is 9.49. The van der Waals surface area contributed by atoms with E-state index in [-0.39, 0.29) is 22.9 Å². The van der Waals surface area contributed by atoms with Gasteiger partial charge in [0.1, 0.15) is 0 Å². The summed E-state index contributed by atoms with van der Waals surface area (Å²) in [4.78, 5) is 39.8. The third-order valence-corrected chi connectivity index (χ3v) is 7.34. The fourth-order valence-electron chi connectivity index (χ4n) is 5.23. The van der Waals surface area contributed by atoms with Gasteiger partial charge in [0.25, 0.3) is 5.69 Å². The van der Waals surface area contributed by atoms with E-state index in [2.05, 4.69) is 15.5 Å². The number of hydrogen-bond donors (Lipinski definition) is 2. The maximum absolute atomic E-state index is 13.8. The summed E-state index contributed by atoms with van der Waals surface area (Å²) in [6.45, 7) is 7.24. The molecule has 1 saturated heterocycles. The number of rotatable bonds is 7. The number of halogens is 1. The Morgan fingerprint density at radius 3 is 2.38 bits per heavy atom. The van der Waals surface area contributed by atoms with Gasteiger partial charge in [-0.2, -0.15) is 0 Å². The van der Waals surface area contributed by atoms with Crippen LogP contribution < -0.4 is 10.6 Å². The number of allylic oxidation sites excluding steroid dienone is 2. The molecule has 2 aromatic rings. The summed E-state index contributed by atoms with van der Waals surface area (Å²) in [6, 6.07) is 13.4. The average molecular weight is 555 g/mol. The topological polar surface area (TPSA) is 123 Å². The lowest BCUT2D eigenvalue weighted by molar-refractivity contribution is -0.384. The van der Waals surface area contributed by atoms with Crippen LogP contribution in [-0.4, -0.2) is 54.7 Å². The van der Waals surface area contributed by atoms with Crippen molar-refractivity contribution in [3.8, 4) is 0 Å². The molecule has 0 bridgehead atoms. The second kappa shape index (κ2) is 12.0. The molecule has 2 heterocycles. The number of piperazine rings is 1. The Kier molecular flexibility index (Phi) is 8.69. The number of esters is 2. The van der Waals surface area contributed by atoms with Gasteiger partial charge in [-0.25, -0.2) is 9.59 Å². The van der Waals surface area contributed by atoms with E-state index in [4.69, 9.17) is 21.1 Å². The summed E-state index contributed by atoms with van der Waals surface area (Å²) in [7, 11) is 1.25. The van der Waals surface area contributed by atoms with Crippen LogP contribution in [0.3, 0.4) is 0 Å². The highest BCUT2D eigenvalue weighted by molar-refractivity contribution is 6.30. The van der Waals surface area contributed by atoms with E-state index in [0.717, 1.165) is 12.1 Å². The van der Waals surface area contributed by atoms with Crippen molar-refractivity contribution in [3.63, 3.8) is 0 Å². The first kappa shape index (κ1) is 28.3. The number of carbonyl (C=O) groups excluding carboxylic acids is 2. The summed E-state index contributed by atoms with van der Waals surface area (Å²) in [5.41, 5.74) is 2.64. The molecule has 11 heteroatoms. The van der Waals surface area contributed by atoms with E-state index in [9.17, 15) is 19.7 Å². The van der Waals surface area contributed by atoms with E-state index >= 15 is 0 Å². The number of nitrogens with zero attached hydrogens (tertiary/aromatic N) is 2. The Hall–Kier alpha value is -3.73. The molecule has 2 N–H and O–H groups in total. The Morgan fingerprint density at radius 1 is 1.08 bits per heavy atom. The monoisotopic (exact) mass is 554 g/mol. The average Bonchev–Trinajstić information content (AvgIpc) is 2.92. The molecule has 10 nitrogen and oxygen atoms in total. The Morgan fingerprint density at radius 2 is 1.74 bits per heavy atom. The molecule has 1 fully saturated rings. The van der Waals surface area contributed by atoms with Crippen molar-refractivity contribution in [3.05, 3.63) is 97.3 Å². The van der Waals surface area contributed by atoms with Crippen molar-refractivity contribution in [2.24, 2.45) is 0 Å². The predicted octanol–water partition coefficient (Wildman–Crippen LogP) is 4.19. The molecule has 2 aromatic carbocycles. The largest absolute Gasteiger partial charge is 0.466 e. The molecule has 0 aliphatic carbocycles. The number of carbonyl (C=O) groups is 2. The highest BCUT2D eigenvalue weighted by atomic mass is 35.5. The minimum atomic E-state index is -0.923. The molecule has 3 atom stereocenters. The van der Waals surface area contributed by atoms with E-state index < -0.39 is 29.0 Å². The lowest BCUT2D eigenvalue weighted by Gasteiger charge is -2.40. The maximum Gasteiger partial charge on any atom is 0.338 e. The standard InChI is InChI=1S/C28H31ClN4O6/c1-16-24(27(34)38-4)26(20-6-5-7-22(14-20)33(36)37)25(17(2)31-16)28(35)39-18(3)32-13-12-30-15-23(32)19-8-10-21(29)11-9-19/h5-11,14,18,23,26,30-31H,12-13,15H2,1-4H3. The van der Waals surface area contributed by atoms with Gasteiger partial charge >= 0.3 is 11.9 Å². The molecule has 0 spiro atoms. The van der Waals surface area contributed by atoms with Crippen LogP contribution in [0.1, 0.15) is 43.9 Å². The molecule has 4 rings (SSSR count). The number of benzene rings is 2. The summed E-state index contributed by atoms with van der Waals surface area (Å²) in [5.74, 6) is -2.20. The lowest BCUT2D eigenvalue weighted by atomic mass is 9.80. The third kappa shape index (κ3) is 5.98. The van der Waals surface area contributed by atoms with Crippen molar-refractivity contribution in [1.29, 1.82) is 0 Å². The van der Waals surface area contributed by atoms with Crippen LogP contribution in [0, 0.1) is 10.1 Å². The first-order chi connectivity index (χ1) is 18.6. The highest BCUT2D eigenvalue weighted by Gasteiger charge is 2.39. The minimum absolute atomic E-state index is 0.0567. The SMILES string of the molecule is COC(=O)C1=C(C)NC(C)=C(C(=O)OC(C)N2CCNCC2c2ccc(Cl)cc2)C1c1cccc([N+](=O)[O-])c1. The Labute approximate surface area is 231 Å². The zero-order valence-electron chi connectivity index (χ0n) is 22.2. The van der Waals surface area contributed by atoms with Crippen LogP contribution in [0.5, 0.6) is 0 Å². The number of dihydropyridines is 1. The summed E-state index contributed by atoms with van der Waals surface area (Å²) >= 11 is 6.08. The van der Waals surface area contributed by atoms with Gasteiger partial charge in [0, 0.05) is 48.2 Å². The van der Waals surface area contributed by atoms with Gasteiger partial charge in [0.05, 0.1) is 35.1 Å². The van der Waals surface area contributed by atoms with Crippen LogP contribution in [0.25, 0.3) is 0 Å². The number of nitrogens with one attached hydrogen (secondary N) is 2. The second-order valence-corrected chi connectivity index (χ2v) is 9.93. The Bertz CT molecular complexity index is 1340. The quantitative estimate of drug-likeness (QED) is 0.294. The van der Waals surface area contributed by atoms with Gasteiger partial charge in [0.15, 0.2) is 6.23 Å². The number of ether oxygens (including phenoxy) is 2. The number of methoxy groups -OCH3 is 1. The zero-order valence-corrected chi connectivity index (χ0v) is 22.9. The van der Waals surface area contributed by atoms with Gasteiger partial charge in [-0.3, -0.25) is 15.0 Å². The number of hydrogen-bond acceptors (Lipinski definition) is 9. The maximum atomic E-state index is 13.8. The molecule has 2 aliphatic rings. The van der Waals surface area contributed by atoms with E-state index in [0.29, 0.717) is 35.1 Å². The molecule has 2 aliphatic heterocycles. The van der Waals surface area contributed by atoms with Gasteiger partial charge in [-0.15, -0.1) is 0 Å². The summed E-state index contributed by atoms with van der Waals surface area (Å²) in [6.07, 6.45) is -0.611. The van der Waals surface area contributed by atoms with Crippen molar-refractivity contribution in [2.45, 2.75) is 39.0 Å². The predicted molar refractivity (Wildman–Crippen MR) is 146 cm³/mol. The van der Waals surface area contributed by atoms with Gasteiger partial charge in [-0.1, -0.05) is 35.9 Å². The van der Waals surface area contributed by atoms with Crippen LogP contribution in [0.2, 0.25) is 5.02 Å². The van der Waals surface area contributed by atoms with E-state index in [1.165, 1.54) is 25.3 Å². The van der Waals surface area contributed by atoms with E-state index in [1.807, 2.05) is 31.2 Å². The van der Waals surface area contributed by atoms with Crippen LogP contribution >= 0.6 is 11.6 Å². The van der Waals surface area contributed by atoms with Crippen molar-refractivity contribution in [1.82, 2.24) is 15.5 Å². The van der Waals surface area contributed by atoms with Crippen molar-refractivity contribution in [2.75, 3.05) is 26.7 Å². The lowest BCUT2D eigenvalue weighted by Crippen LogP contribution is -2.51. The molecule has 206 valence electrons.